The SMILES string of the molecule is COc1ccc(Nc2ncnc3c2CCNCC3)cc1. The highest BCUT2D eigenvalue weighted by atomic mass is 16.5. The summed E-state index contributed by atoms with van der Waals surface area (Å²) in [5.41, 5.74) is 3.36. The summed E-state index contributed by atoms with van der Waals surface area (Å²) in [5.74, 6) is 1.75. The summed E-state index contributed by atoms with van der Waals surface area (Å²) in [4.78, 5) is 8.79. The van der Waals surface area contributed by atoms with Crippen molar-refractivity contribution < 1.29 is 4.74 Å². The number of hydrogen-bond acceptors (Lipinski definition) is 5. The van der Waals surface area contributed by atoms with E-state index in [9.17, 15) is 0 Å². The van der Waals surface area contributed by atoms with Gasteiger partial charge in [-0.15, -0.1) is 0 Å². The van der Waals surface area contributed by atoms with E-state index in [1.165, 1.54) is 5.56 Å². The van der Waals surface area contributed by atoms with Crippen molar-refractivity contribution >= 4 is 11.5 Å². The second kappa shape index (κ2) is 5.88. The molecular weight excluding hydrogens is 252 g/mol. The quantitative estimate of drug-likeness (QED) is 0.892. The molecule has 0 radical (unpaired) electrons. The van der Waals surface area contributed by atoms with E-state index in [2.05, 4.69) is 20.6 Å². The highest BCUT2D eigenvalue weighted by Crippen LogP contribution is 2.23. The van der Waals surface area contributed by atoms with E-state index in [0.29, 0.717) is 0 Å². The molecule has 2 N–H and O–H groups in total. The highest BCUT2D eigenvalue weighted by Gasteiger charge is 2.14. The van der Waals surface area contributed by atoms with E-state index in [4.69, 9.17) is 4.74 Å². The van der Waals surface area contributed by atoms with Crippen LogP contribution in [0.4, 0.5) is 11.5 Å². The molecule has 5 nitrogen and oxygen atoms in total. The molecule has 1 aromatic heterocycles. The third kappa shape index (κ3) is 2.72. The summed E-state index contributed by atoms with van der Waals surface area (Å²) in [6, 6.07) is 7.85. The molecule has 0 fully saturated rings. The van der Waals surface area contributed by atoms with Gasteiger partial charge in [0.05, 0.1) is 12.8 Å². The second-order valence-electron chi connectivity index (χ2n) is 4.75. The maximum Gasteiger partial charge on any atom is 0.137 e. The molecule has 0 spiro atoms. The summed E-state index contributed by atoms with van der Waals surface area (Å²) >= 11 is 0. The molecule has 1 aromatic carbocycles. The van der Waals surface area contributed by atoms with Crippen LogP contribution in [0.2, 0.25) is 0 Å². The standard InChI is InChI=1S/C15H18N4O/c1-20-12-4-2-11(3-5-12)19-15-13-6-8-16-9-7-14(13)17-10-18-15/h2-5,10,16H,6-9H2,1H3,(H,17,18,19). The molecular formula is C15H18N4O. The summed E-state index contributed by atoms with van der Waals surface area (Å²) in [6.07, 6.45) is 3.54. The molecule has 5 heteroatoms. The summed E-state index contributed by atoms with van der Waals surface area (Å²) in [7, 11) is 1.67. The molecule has 1 aliphatic heterocycles. The molecule has 104 valence electrons. The number of rotatable bonds is 3. The van der Waals surface area contributed by atoms with Gasteiger partial charge in [-0.2, -0.15) is 0 Å². The molecule has 0 bridgehead atoms. The molecule has 0 saturated heterocycles. The van der Waals surface area contributed by atoms with Gasteiger partial charge in [0.2, 0.25) is 0 Å². The Balaban J connectivity index is 1.86. The third-order valence-corrected chi connectivity index (χ3v) is 3.48. The molecule has 1 aliphatic rings. The van der Waals surface area contributed by atoms with Crippen LogP contribution in [-0.2, 0) is 12.8 Å². The number of fused-ring (bicyclic) bond motifs is 1. The topological polar surface area (TPSA) is 59.1 Å². The zero-order valence-corrected chi connectivity index (χ0v) is 11.5. The molecule has 0 saturated carbocycles. The number of methoxy groups -OCH3 is 1. The third-order valence-electron chi connectivity index (χ3n) is 3.48. The number of nitrogens with one attached hydrogen (secondary N) is 2. The molecule has 0 atom stereocenters. The van der Waals surface area contributed by atoms with Gasteiger partial charge in [-0.1, -0.05) is 0 Å². The summed E-state index contributed by atoms with van der Waals surface area (Å²) < 4.78 is 5.16. The minimum Gasteiger partial charge on any atom is -0.497 e. The molecule has 2 heterocycles. The van der Waals surface area contributed by atoms with Gasteiger partial charge in [0.1, 0.15) is 17.9 Å². The highest BCUT2D eigenvalue weighted by molar-refractivity contribution is 5.60. The van der Waals surface area contributed by atoms with Gasteiger partial charge in [-0.25, -0.2) is 9.97 Å². The van der Waals surface area contributed by atoms with Crippen LogP contribution < -0.4 is 15.4 Å². The molecule has 2 aromatic rings. The van der Waals surface area contributed by atoms with Crippen LogP contribution in [0.3, 0.4) is 0 Å². The van der Waals surface area contributed by atoms with Gasteiger partial charge < -0.3 is 15.4 Å². The van der Waals surface area contributed by atoms with Gasteiger partial charge in [0, 0.05) is 24.2 Å². The number of benzene rings is 1. The number of anilines is 2. The van der Waals surface area contributed by atoms with E-state index in [-0.39, 0.29) is 0 Å². The normalized spacial score (nSPS) is 14.2. The zero-order chi connectivity index (χ0) is 13.8. The van der Waals surface area contributed by atoms with Crippen LogP contribution in [-0.4, -0.2) is 30.2 Å². The first-order valence-corrected chi connectivity index (χ1v) is 6.81. The van der Waals surface area contributed by atoms with Gasteiger partial charge in [0.25, 0.3) is 0 Å². The first kappa shape index (κ1) is 12.9. The lowest BCUT2D eigenvalue weighted by molar-refractivity contribution is 0.415. The average Bonchev–Trinajstić information content (AvgIpc) is 2.74. The van der Waals surface area contributed by atoms with Crippen LogP contribution in [0.25, 0.3) is 0 Å². The molecule has 0 aliphatic carbocycles. The van der Waals surface area contributed by atoms with Crippen LogP contribution >= 0.6 is 0 Å². The number of ether oxygens (including phenoxy) is 1. The lowest BCUT2D eigenvalue weighted by Gasteiger charge is -2.12. The van der Waals surface area contributed by atoms with Crippen LogP contribution in [0.5, 0.6) is 5.75 Å². The second-order valence-corrected chi connectivity index (χ2v) is 4.75. The zero-order valence-electron chi connectivity index (χ0n) is 11.5. The molecule has 20 heavy (non-hydrogen) atoms. The van der Waals surface area contributed by atoms with Crippen molar-refractivity contribution in [3.8, 4) is 5.75 Å². The predicted molar refractivity (Wildman–Crippen MR) is 78.6 cm³/mol. The van der Waals surface area contributed by atoms with Crippen molar-refractivity contribution in [2.75, 3.05) is 25.5 Å². The smallest absolute Gasteiger partial charge is 0.137 e. The van der Waals surface area contributed by atoms with E-state index in [0.717, 1.165) is 48.9 Å². The Kier molecular flexibility index (Phi) is 3.78. The lowest BCUT2D eigenvalue weighted by Crippen LogP contribution is -2.16. The molecule has 3 rings (SSSR count). The lowest BCUT2D eigenvalue weighted by atomic mass is 10.1. The van der Waals surface area contributed by atoms with Crippen molar-refractivity contribution in [1.82, 2.24) is 15.3 Å². The number of aromatic nitrogens is 2. The molecule has 0 amide bonds. The number of hydrogen-bond donors (Lipinski definition) is 2. The van der Waals surface area contributed by atoms with E-state index >= 15 is 0 Å². The Labute approximate surface area is 118 Å². The Morgan fingerprint density at radius 3 is 2.70 bits per heavy atom. The van der Waals surface area contributed by atoms with Crippen molar-refractivity contribution in [2.45, 2.75) is 12.8 Å². The van der Waals surface area contributed by atoms with Crippen LogP contribution in [0, 0.1) is 0 Å². The predicted octanol–water partition coefficient (Wildman–Crippen LogP) is 1.92. The Bertz CT molecular complexity index is 583. The summed E-state index contributed by atoms with van der Waals surface area (Å²) in [5, 5.41) is 6.76. The van der Waals surface area contributed by atoms with Crippen LogP contribution in [0.15, 0.2) is 30.6 Å². The maximum atomic E-state index is 5.16. The van der Waals surface area contributed by atoms with E-state index < -0.39 is 0 Å². The fourth-order valence-corrected chi connectivity index (χ4v) is 2.39. The largest absolute Gasteiger partial charge is 0.497 e. The minimum atomic E-state index is 0.848. The fraction of sp³-hybridized carbons (Fsp3) is 0.333. The molecule has 0 unspecified atom stereocenters. The first-order valence-electron chi connectivity index (χ1n) is 6.81. The van der Waals surface area contributed by atoms with Crippen molar-refractivity contribution in [1.29, 1.82) is 0 Å². The first-order chi connectivity index (χ1) is 9.86. The summed E-state index contributed by atoms with van der Waals surface area (Å²) in [6.45, 7) is 1.95. The van der Waals surface area contributed by atoms with Crippen molar-refractivity contribution in [3.63, 3.8) is 0 Å². The monoisotopic (exact) mass is 270 g/mol. The van der Waals surface area contributed by atoms with Crippen molar-refractivity contribution in [2.24, 2.45) is 0 Å². The average molecular weight is 270 g/mol. The van der Waals surface area contributed by atoms with Gasteiger partial charge in [-0.05, 0) is 37.2 Å². The van der Waals surface area contributed by atoms with Crippen LogP contribution in [0.1, 0.15) is 11.3 Å². The van der Waals surface area contributed by atoms with Gasteiger partial charge >= 0.3 is 0 Å². The number of nitrogens with zero attached hydrogens (tertiary/aromatic N) is 2. The maximum absolute atomic E-state index is 5.16. The van der Waals surface area contributed by atoms with Gasteiger partial charge in [0.15, 0.2) is 0 Å². The van der Waals surface area contributed by atoms with E-state index in [1.807, 2.05) is 24.3 Å². The Morgan fingerprint density at radius 2 is 1.90 bits per heavy atom. The van der Waals surface area contributed by atoms with E-state index in [1.54, 1.807) is 13.4 Å². The Morgan fingerprint density at radius 1 is 1.10 bits per heavy atom. The minimum absolute atomic E-state index is 0.848. The van der Waals surface area contributed by atoms with Gasteiger partial charge in [-0.3, -0.25) is 0 Å². The Hall–Kier alpha value is -2.14. The fourth-order valence-electron chi connectivity index (χ4n) is 2.39. The van der Waals surface area contributed by atoms with Crippen molar-refractivity contribution in [3.05, 3.63) is 41.9 Å².